The first kappa shape index (κ1) is 16.0. The van der Waals surface area contributed by atoms with Crippen LogP contribution < -0.4 is 5.73 Å². The van der Waals surface area contributed by atoms with Crippen LogP contribution in [0, 0.1) is 17.8 Å². The molecule has 1 aromatic rings. The van der Waals surface area contributed by atoms with Gasteiger partial charge in [-0.3, -0.25) is 4.98 Å². The maximum atomic E-state index is 12.8. The lowest BCUT2D eigenvalue weighted by Crippen LogP contribution is -2.38. The molecule has 1 aromatic heterocycles. The highest BCUT2D eigenvalue weighted by Crippen LogP contribution is 2.29. The van der Waals surface area contributed by atoms with Gasteiger partial charge in [-0.2, -0.15) is 4.31 Å². The Morgan fingerprint density at radius 1 is 1.48 bits per heavy atom. The number of nitrogens with zero attached hydrogens (tertiary/aromatic N) is 2. The molecule has 114 valence electrons. The number of pyridine rings is 1. The quantitative estimate of drug-likeness (QED) is 0.851. The number of aromatic nitrogens is 1. The smallest absolute Gasteiger partial charge is 0.244 e. The molecule has 2 heterocycles. The van der Waals surface area contributed by atoms with Crippen molar-refractivity contribution >= 4 is 10.0 Å². The number of hydrogen-bond acceptors (Lipinski definition) is 4. The van der Waals surface area contributed by atoms with Gasteiger partial charge < -0.3 is 5.73 Å². The van der Waals surface area contributed by atoms with Gasteiger partial charge in [-0.25, -0.2) is 8.42 Å². The summed E-state index contributed by atoms with van der Waals surface area (Å²) in [4.78, 5) is 4.20. The van der Waals surface area contributed by atoms with E-state index in [0.29, 0.717) is 18.0 Å². The van der Waals surface area contributed by atoms with Gasteiger partial charge in [0.15, 0.2) is 0 Å². The zero-order valence-corrected chi connectivity index (χ0v) is 13.2. The van der Waals surface area contributed by atoms with E-state index in [0.717, 1.165) is 12.8 Å². The van der Waals surface area contributed by atoms with Crippen molar-refractivity contribution in [2.75, 3.05) is 13.1 Å². The second-order valence-corrected chi connectivity index (χ2v) is 7.38. The zero-order chi connectivity index (χ0) is 15.5. The minimum atomic E-state index is -3.51. The fourth-order valence-electron chi connectivity index (χ4n) is 2.65. The molecule has 0 saturated carbocycles. The largest absolute Gasteiger partial charge is 0.320 e. The molecular weight excluding hydrogens is 286 g/mol. The summed E-state index contributed by atoms with van der Waals surface area (Å²) in [5.74, 6) is 5.83. The zero-order valence-electron chi connectivity index (χ0n) is 12.4. The van der Waals surface area contributed by atoms with E-state index in [2.05, 4.69) is 30.7 Å². The third kappa shape index (κ3) is 3.43. The summed E-state index contributed by atoms with van der Waals surface area (Å²) in [6.07, 6.45) is 4.75. The summed E-state index contributed by atoms with van der Waals surface area (Å²) in [5, 5.41) is 0. The average Bonchev–Trinajstić information content (AvgIpc) is 2.96. The van der Waals surface area contributed by atoms with Gasteiger partial charge >= 0.3 is 0 Å². The van der Waals surface area contributed by atoms with Crippen LogP contribution in [0.4, 0.5) is 0 Å². The van der Waals surface area contributed by atoms with E-state index >= 15 is 0 Å². The molecule has 0 bridgehead atoms. The van der Waals surface area contributed by atoms with Gasteiger partial charge in [0.25, 0.3) is 0 Å². The molecule has 1 aliphatic rings. The molecule has 2 rings (SSSR count). The summed E-state index contributed by atoms with van der Waals surface area (Å²) >= 11 is 0. The molecule has 0 aromatic carbocycles. The highest BCUT2D eigenvalue weighted by molar-refractivity contribution is 7.89. The van der Waals surface area contributed by atoms with Gasteiger partial charge in [0.2, 0.25) is 10.0 Å². The maximum absolute atomic E-state index is 12.8. The first-order valence-electron chi connectivity index (χ1n) is 7.12. The van der Waals surface area contributed by atoms with Crippen LogP contribution in [0.25, 0.3) is 0 Å². The fourth-order valence-corrected chi connectivity index (χ4v) is 4.46. The van der Waals surface area contributed by atoms with Crippen LogP contribution in [0.1, 0.15) is 32.3 Å². The average molecular weight is 307 g/mol. The minimum absolute atomic E-state index is 0.0637. The summed E-state index contributed by atoms with van der Waals surface area (Å²) in [6.45, 7) is 4.92. The van der Waals surface area contributed by atoms with E-state index in [-0.39, 0.29) is 17.5 Å². The molecular formula is C15H21N3O2S. The van der Waals surface area contributed by atoms with Gasteiger partial charge in [0, 0.05) is 30.5 Å². The summed E-state index contributed by atoms with van der Waals surface area (Å²) in [6, 6.07) is 1.63. The molecule has 1 atom stereocenters. The molecule has 0 amide bonds. The normalized spacial score (nSPS) is 19.5. The van der Waals surface area contributed by atoms with Gasteiger partial charge in [0.05, 0.1) is 6.54 Å². The van der Waals surface area contributed by atoms with Crippen molar-refractivity contribution in [1.82, 2.24) is 9.29 Å². The molecule has 1 unspecified atom stereocenters. The highest BCUT2D eigenvalue weighted by atomic mass is 32.2. The monoisotopic (exact) mass is 307 g/mol. The standard InChI is InChI=1S/C15H21N3O2S/c1-12(2)15-6-4-8-18(15)21(19,20)14-9-13(5-3-7-16)10-17-11-14/h9-12,15H,4,6-8,16H2,1-2H3. The Balaban J connectivity index is 2.35. The van der Waals surface area contributed by atoms with E-state index in [1.165, 1.54) is 6.20 Å². The van der Waals surface area contributed by atoms with Crippen LogP contribution in [0.5, 0.6) is 0 Å². The van der Waals surface area contributed by atoms with E-state index in [4.69, 9.17) is 5.73 Å². The highest BCUT2D eigenvalue weighted by Gasteiger charge is 2.36. The number of rotatable bonds is 3. The first-order valence-corrected chi connectivity index (χ1v) is 8.56. The lowest BCUT2D eigenvalue weighted by atomic mass is 10.0. The summed E-state index contributed by atoms with van der Waals surface area (Å²) in [7, 11) is -3.51. The van der Waals surface area contributed by atoms with Gasteiger partial charge in [-0.1, -0.05) is 25.7 Å². The molecule has 21 heavy (non-hydrogen) atoms. The van der Waals surface area contributed by atoms with Crippen LogP contribution in [0.15, 0.2) is 23.4 Å². The molecule has 5 nitrogen and oxygen atoms in total. The lowest BCUT2D eigenvalue weighted by molar-refractivity contribution is 0.315. The Bertz CT molecular complexity index is 659. The van der Waals surface area contributed by atoms with Crippen molar-refractivity contribution in [3.05, 3.63) is 24.0 Å². The predicted octanol–water partition coefficient (Wildman–Crippen LogP) is 1.20. The van der Waals surface area contributed by atoms with Crippen LogP contribution in [0.3, 0.4) is 0 Å². The maximum Gasteiger partial charge on any atom is 0.244 e. The summed E-state index contributed by atoms with van der Waals surface area (Å²) in [5.41, 5.74) is 5.90. The van der Waals surface area contributed by atoms with Crippen LogP contribution in [-0.2, 0) is 10.0 Å². The second-order valence-electron chi connectivity index (χ2n) is 5.48. The van der Waals surface area contributed by atoms with Crippen LogP contribution >= 0.6 is 0 Å². The number of sulfonamides is 1. The Kier molecular flexibility index (Phi) is 4.99. The topological polar surface area (TPSA) is 76.3 Å². The number of hydrogen-bond donors (Lipinski definition) is 1. The summed E-state index contributed by atoms with van der Waals surface area (Å²) < 4.78 is 27.2. The lowest BCUT2D eigenvalue weighted by Gasteiger charge is -2.26. The SMILES string of the molecule is CC(C)C1CCCN1S(=O)(=O)c1cncc(C#CCN)c1. The predicted molar refractivity (Wildman–Crippen MR) is 81.9 cm³/mol. The van der Waals surface area contributed by atoms with E-state index in [1.807, 2.05) is 0 Å². The van der Waals surface area contributed by atoms with Gasteiger partial charge in [0.1, 0.15) is 4.90 Å². The Morgan fingerprint density at radius 3 is 2.90 bits per heavy atom. The van der Waals surface area contributed by atoms with E-state index in [9.17, 15) is 8.42 Å². The van der Waals surface area contributed by atoms with Crippen molar-refractivity contribution in [2.24, 2.45) is 11.7 Å². The van der Waals surface area contributed by atoms with Crippen molar-refractivity contribution in [1.29, 1.82) is 0 Å². The van der Waals surface area contributed by atoms with E-state index < -0.39 is 10.0 Å². The molecule has 1 fully saturated rings. The molecule has 0 spiro atoms. The molecule has 1 saturated heterocycles. The Labute approximate surface area is 126 Å². The van der Waals surface area contributed by atoms with E-state index in [1.54, 1.807) is 16.6 Å². The Hall–Kier alpha value is -1.42. The molecule has 1 aliphatic heterocycles. The molecule has 6 heteroatoms. The fraction of sp³-hybridized carbons (Fsp3) is 0.533. The van der Waals surface area contributed by atoms with Crippen molar-refractivity contribution < 1.29 is 8.42 Å². The first-order chi connectivity index (χ1) is 9.96. The van der Waals surface area contributed by atoms with Gasteiger partial charge in [-0.15, -0.1) is 0 Å². The molecule has 2 N–H and O–H groups in total. The minimum Gasteiger partial charge on any atom is -0.320 e. The van der Waals surface area contributed by atoms with Crippen LogP contribution in [-0.4, -0.2) is 36.8 Å². The molecule has 0 aliphatic carbocycles. The van der Waals surface area contributed by atoms with Gasteiger partial charge in [-0.05, 0) is 24.8 Å². The molecule has 0 radical (unpaired) electrons. The second kappa shape index (κ2) is 6.56. The van der Waals surface area contributed by atoms with Crippen molar-refractivity contribution in [3.63, 3.8) is 0 Å². The van der Waals surface area contributed by atoms with Crippen molar-refractivity contribution in [2.45, 2.75) is 37.6 Å². The third-order valence-corrected chi connectivity index (χ3v) is 5.56. The third-order valence-electron chi connectivity index (χ3n) is 3.67. The van der Waals surface area contributed by atoms with Crippen LogP contribution in [0.2, 0.25) is 0 Å². The van der Waals surface area contributed by atoms with Crippen molar-refractivity contribution in [3.8, 4) is 11.8 Å². The Morgan fingerprint density at radius 2 is 2.24 bits per heavy atom. The number of nitrogens with two attached hydrogens (primary N) is 1.